The molecule has 1 aromatic heterocycles. The van der Waals surface area contributed by atoms with Crippen molar-refractivity contribution in [2.45, 2.75) is 25.2 Å². The summed E-state index contributed by atoms with van der Waals surface area (Å²) >= 11 is 1.49. The molecule has 10 heteroatoms. The van der Waals surface area contributed by atoms with E-state index in [0.717, 1.165) is 32.4 Å². The molecule has 4 rings (SSSR count). The van der Waals surface area contributed by atoms with Crippen LogP contribution in [0.5, 0.6) is 0 Å². The zero-order chi connectivity index (χ0) is 22.0. The van der Waals surface area contributed by atoms with Crippen molar-refractivity contribution < 1.29 is 18.0 Å². The number of anilines is 3. The largest absolute Gasteiger partial charge is 0.482 e. The van der Waals surface area contributed by atoms with Crippen LogP contribution in [0.4, 0.5) is 29.7 Å². The summed E-state index contributed by atoms with van der Waals surface area (Å²) in [5.41, 5.74) is 9.83. The lowest BCUT2D eigenvalue weighted by Crippen LogP contribution is -2.31. The van der Waals surface area contributed by atoms with E-state index in [1.807, 2.05) is 18.2 Å². The molecular formula is C21H20F3N5OS. The van der Waals surface area contributed by atoms with E-state index >= 15 is 0 Å². The lowest BCUT2D eigenvalue weighted by molar-refractivity contribution is -0.115. The number of nitrogens with zero attached hydrogens (tertiary/aromatic N) is 1. The maximum absolute atomic E-state index is 12.3. The number of alkyl halides is 3. The van der Waals surface area contributed by atoms with Gasteiger partial charge in [-0.25, -0.2) is 4.98 Å². The number of halogens is 3. The van der Waals surface area contributed by atoms with Crippen LogP contribution >= 0.6 is 11.3 Å². The minimum Gasteiger partial charge on any atom is -0.360 e. The number of hydrogen-bond acceptors (Lipinski definition) is 6. The van der Waals surface area contributed by atoms with Crippen molar-refractivity contribution in [2.75, 3.05) is 22.5 Å². The average molecular weight is 447 g/mol. The molecule has 0 saturated carbocycles. The van der Waals surface area contributed by atoms with Crippen molar-refractivity contribution in [2.24, 2.45) is 5.73 Å². The predicted octanol–water partition coefficient (Wildman–Crippen LogP) is 4.22. The molecule has 1 unspecified atom stereocenters. The molecule has 1 aliphatic rings. The highest BCUT2D eigenvalue weighted by Crippen LogP contribution is 2.33. The second kappa shape index (κ2) is 8.56. The Morgan fingerprint density at radius 2 is 1.97 bits per heavy atom. The second-order valence-corrected chi connectivity index (χ2v) is 8.32. The Labute approximate surface area is 180 Å². The highest BCUT2D eigenvalue weighted by molar-refractivity contribution is 7.18. The van der Waals surface area contributed by atoms with Gasteiger partial charge in [0, 0.05) is 30.2 Å². The van der Waals surface area contributed by atoms with Crippen LogP contribution in [-0.4, -0.2) is 29.8 Å². The molecule has 0 fully saturated rings. The molecule has 1 atom stereocenters. The second-order valence-electron chi connectivity index (χ2n) is 7.29. The van der Waals surface area contributed by atoms with Gasteiger partial charge in [-0.05, 0) is 47.4 Å². The number of nitrogens with two attached hydrogens (primary N) is 1. The molecule has 0 spiro atoms. The number of amides is 1. The van der Waals surface area contributed by atoms with Crippen LogP contribution in [0.1, 0.15) is 11.1 Å². The Hall–Kier alpha value is -3.11. The van der Waals surface area contributed by atoms with E-state index in [-0.39, 0.29) is 17.6 Å². The van der Waals surface area contributed by atoms with E-state index in [0.29, 0.717) is 19.4 Å². The summed E-state index contributed by atoms with van der Waals surface area (Å²) in [7, 11) is 0. The van der Waals surface area contributed by atoms with Crippen LogP contribution in [0.25, 0.3) is 10.4 Å². The third-order valence-electron chi connectivity index (χ3n) is 4.77. The average Bonchev–Trinajstić information content (AvgIpc) is 3.31. The van der Waals surface area contributed by atoms with Crippen molar-refractivity contribution in [1.82, 2.24) is 4.98 Å². The fourth-order valence-corrected chi connectivity index (χ4v) is 4.17. The summed E-state index contributed by atoms with van der Waals surface area (Å²) < 4.78 is 37.0. The van der Waals surface area contributed by atoms with Gasteiger partial charge in [-0.1, -0.05) is 29.5 Å². The van der Waals surface area contributed by atoms with Gasteiger partial charge in [0.15, 0.2) is 5.13 Å². The number of fused-ring (bicyclic) bond motifs is 1. The zero-order valence-corrected chi connectivity index (χ0v) is 17.1. The Kier molecular flexibility index (Phi) is 5.84. The minimum atomic E-state index is -4.46. The Morgan fingerprint density at radius 1 is 1.19 bits per heavy atom. The molecule has 1 amide bonds. The Morgan fingerprint density at radius 3 is 2.71 bits per heavy atom. The molecule has 3 aromatic rings. The molecule has 0 aliphatic carbocycles. The molecule has 0 bridgehead atoms. The summed E-state index contributed by atoms with van der Waals surface area (Å²) in [6.07, 6.45) is -1.78. The predicted molar refractivity (Wildman–Crippen MR) is 116 cm³/mol. The van der Waals surface area contributed by atoms with E-state index in [4.69, 9.17) is 5.73 Å². The number of carbonyl (C=O) groups excluding carboxylic acids is 1. The van der Waals surface area contributed by atoms with Gasteiger partial charge in [-0.3, -0.25) is 10.1 Å². The third-order valence-corrected chi connectivity index (χ3v) is 5.78. The molecule has 0 saturated heterocycles. The lowest BCUT2D eigenvalue weighted by Gasteiger charge is -2.13. The van der Waals surface area contributed by atoms with Gasteiger partial charge in [-0.2, -0.15) is 13.2 Å². The van der Waals surface area contributed by atoms with Crippen molar-refractivity contribution in [1.29, 1.82) is 0 Å². The minimum absolute atomic E-state index is 0.000877. The number of nitrogens with one attached hydrogen (secondary N) is 3. The van der Waals surface area contributed by atoms with E-state index in [1.54, 1.807) is 18.3 Å². The Bertz CT molecular complexity index is 1080. The molecule has 162 valence electrons. The standard InChI is InChI=1S/C21H20F3N5OS/c22-21(23,24)29-16-4-1-12(2-5-16)7-15(25)10-26-20-27-11-18(31-20)13-3-6-17-14(8-13)9-19(30)28-17/h1-6,8,11,15,29H,7,9-10,25H2,(H,26,27)(H,28,30). The summed E-state index contributed by atoms with van der Waals surface area (Å²) in [6, 6.07) is 11.6. The number of thiazole rings is 1. The van der Waals surface area contributed by atoms with Crippen LogP contribution in [0.2, 0.25) is 0 Å². The lowest BCUT2D eigenvalue weighted by atomic mass is 10.1. The van der Waals surface area contributed by atoms with Crippen molar-refractivity contribution >= 4 is 33.8 Å². The summed E-state index contributed by atoms with van der Waals surface area (Å²) in [5, 5.41) is 8.22. The van der Waals surface area contributed by atoms with Crippen LogP contribution in [0.3, 0.4) is 0 Å². The van der Waals surface area contributed by atoms with Crippen LogP contribution in [0.15, 0.2) is 48.7 Å². The molecular weight excluding hydrogens is 427 g/mol. The van der Waals surface area contributed by atoms with Gasteiger partial charge in [0.2, 0.25) is 5.91 Å². The normalized spacial score (nSPS) is 14.1. The maximum atomic E-state index is 12.3. The molecule has 1 aliphatic heterocycles. The van der Waals surface area contributed by atoms with Gasteiger partial charge in [0.05, 0.1) is 11.3 Å². The van der Waals surface area contributed by atoms with Gasteiger partial charge in [0.25, 0.3) is 0 Å². The smallest absolute Gasteiger partial charge is 0.360 e. The van der Waals surface area contributed by atoms with Crippen molar-refractivity contribution in [3.63, 3.8) is 0 Å². The van der Waals surface area contributed by atoms with E-state index in [9.17, 15) is 18.0 Å². The first-order valence-electron chi connectivity index (χ1n) is 9.57. The summed E-state index contributed by atoms with van der Waals surface area (Å²) in [5.74, 6) is -0.000877. The van der Waals surface area contributed by atoms with E-state index < -0.39 is 6.30 Å². The van der Waals surface area contributed by atoms with Crippen LogP contribution < -0.4 is 21.7 Å². The highest BCUT2D eigenvalue weighted by Gasteiger charge is 2.26. The number of hydrogen-bond donors (Lipinski definition) is 4. The molecule has 31 heavy (non-hydrogen) atoms. The SMILES string of the molecule is NC(CNc1ncc(-c2ccc3c(c2)CC(=O)N3)s1)Cc1ccc(NC(F)(F)F)cc1. The van der Waals surface area contributed by atoms with Crippen molar-refractivity contribution in [3.05, 3.63) is 59.8 Å². The molecule has 0 radical (unpaired) electrons. The monoisotopic (exact) mass is 447 g/mol. The molecule has 2 aromatic carbocycles. The Balaban J connectivity index is 1.30. The topological polar surface area (TPSA) is 92.1 Å². The number of aromatic nitrogens is 1. The quantitative estimate of drug-likeness (QED) is 0.407. The van der Waals surface area contributed by atoms with Crippen LogP contribution in [0, 0.1) is 0 Å². The number of rotatable bonds is 7. The van der Waals surface area contributed by atoms with E-state index in [1.165, 1.54) is 28.8 Å². The van der Waals surface area contributed by atoms with E-state index in [2.05, 4.69) is 15.6 Å². The van der Waals surface area contributed by atoms with Crippen LogP contribution in [-0.2, 0) is 17.6 Å². The van der Waals surface area contributed by atoms with Crippen molar-refractivity contribution in [3.8, 4) is 10.4 Å². The highest BCUT2D eigenvalue weighted by atomic mass is 32.1. The van der Waals surface area contributed by atoms with Gasteiger partial charge >= 0.3 is 6.30 Å². The third kappa shape index (κ3) is 5.53. The number of carbonyl (C=O) groups is 1. The fraction of sp³-hybridized carbons (Fsp3) is 0.238. The summed E-state index contributed by atoms with van der Waals surface area (Å²) in [4.78, 5) is 16.9. The first kappa shape index (κ1) is 21.1. The molecule has 5 N–H and O–H groups in total. The number of benzene rings is 2. The first-order chi connectivity index (χ1) is 14.7. The summed E-state index contributed by atoms with van der Waals surface area (Å²) in [6.45, 7) is 0.470. The zero-order valence-electron chi connectivity index (χ0n) is 16.3. The fourth-order valence-electron chi connectivity index (χ4n) is 3.35. The van der Waals surface area contributed by atoms with Gasteiger partial charge in [0.1, 0.15) is 0 Å². The van der Waals surface area contributed by atoms with Gasteiger partial charge in [-0.15, -0.1) is 0 Å². The van der Waals surface area contributed by atoms with Gasteiger partial charge < -0.3 is 16.4 Å². The molecule has 6 nitrogen and oxygen atoms in total. The first-order valence-corrected chi connectivity index (χ1v) is 10.4. The maximum Gasteiger partial charge on any atom is 0.482 e. The molecule has 2 heterocycles.